The third-order valence-corrected chi connectivity index (χ3v) is 4.75. The maximum atomic E-state index is 6.15. The van der Waals surface area contributed by atoms with Gasteiger partial charge in [0.05, 0.1) is 6.61 Å². The lowest BCUT2D eigenvalue weighted by Crippen LogP contribution is -2.18. The monoisotopic (exact) mass is 339 g/mol. The second kappa shape index (κ2) is 8.53. The minimum Gasteiger partial charge on any atom is -0.494 e. The van der Waals surface area contributed by atoms with Crippen molar-refractivity contribution >= 4 is 0 Å². The van der Waals surface area contributed by atoms with E-state index in [1.807, 2.05) is 0 Å². The fraction of sp³-hybridized carbons (Fsp3) is 0.478. The highest BCUT2D eigenvalue weighted by Crippen LogP contribution is 2.30. The molecule has 0 aliphatic carbocycles. The van der Waals surface area contributed by atoms with Gasteiger partial charge in [-0.3, -0.25) is 0 Å². The molecule has 0 fully saturated rings. The zero-order valence-electron chi connectivity index (χ0n) is 16.4. The van der Waals surface area contributed by atoms with Crippen LogP contribution in [0.2, 0.25) is 0 Å². The van der Waals surface area contributed by atoms with Gasteiger partial charge >= 0.3 is 0 Å². The Kier molecular flexibility index (Phi) is 6.66. The van der Waals surface area contributed by atoms with Crippen LogP contribution < -0.4 is 10.5 Å². The summed E-state index contributed by atoms with van der Waals surface area (Å²) in [5, 5.41) is 0. The first kappa shape index (κ1) is 19.5. The smallest absolute Gasteiger partial charge is 0.119 e. The van der Waals surface area contributed by atoms with Gasteiger partial charge in [0, 0.05) is 5.92 Å². The summed E-state index contributed by atoms with van der Waals surface area (Å²) in [4.78, 5) is 0. The van der Waals surface area contributed by atoms with Gasteiger partial charge < -0.3 is 10.5 Å². The molecule has 2 aromatic carbocycles. The zero-order valence-corrected chi connectivity index (χ0v) is 16.4. The van der Waals surface area contributed by atoms with E-state index in [2.05, 4.69) is 77.1 Å². The molecule has 0 heterocycles. The van der Waals surface area contributed by atoms with Gasteiger partial charge in [0.15, 0.2) is 0 Å². The third kappa shape index (κ3) is 5.34. The molecule has 0 aromatic heterocycles. The number of rotatable bonds is 7. The Morgan fingerprint density at radius 1 is 1.04 bits per heavy atom. The van der Waals surface area contributed by atoms with Crippen molar-refractivity contribution in [2.24, 2.45) is 5.73 Å². The zero-order chi connectivity index (χ0) is 18.4. The molecule has 0 spiro atoms. The van der Waals surface area contributed by atoms with Gasteiger partial charge in [0.2, 0.25) is 0 Å². The number of benzene rings is 2. The second-order valence-corrected chi connectivity index (χ2v) is 7.95. The molecule has 0 amide bonds. The normalized spacial score (nSPS) is 12.9. The Bertz CT molecular complexity index is 667. The van der Waals surface area contributed by atoms with E-state index >= 15 is 0 Å². The molecule has 25 heavy (non-hydrogen) atoms. The Morgan fingerprint density at radius 3 is 2.28 bits per heavy atom. The maximum absolute atomic E-state index is 6.15. The molecule has 1 unspecified atom stereocenters. The van der Waals surface area contributed by atoms with E-state index < -0.39 is 0 Å². The maximum Gasteiger partial charge on any atom is 0.119 e. The molecule has 0 radical (unpaired) electrons. The van der Waals surface area contributed by atoms with E-state index in [-0.39, 0.29) is 5.41 Å². The molecule has 136 valence electrons. The summed E-state index contributed by atoms with van der Waals surface area (Å²) in [6.45, 7) is 12.5. The summed E-state index contributed by atoms with van der Waals surface area (Å²) in [6, 6.07) is 15.3. The first-order chi connectivity index (χ1) is 11.8. The molecule has 2 aromatic rings. The highest BCUT2D eigenvalue weighted by Gasteiger charge is 2.18. The SMILES string of the molecule is CCCOc1ccc(CC(CN)c2cc(C(C)(C)C)ccc2C)cc1. The fourth-order valence-electron chi connectivity index (χ4n) is 3.09. The average molecular weight is 340 g/mol. The van der Waals surface area contributed by atoms with Gasteiger partial charge in [-0.15, -0.1) is 0 Å². The molecule has 0 saturated carbocycles. The standard InChI is InChI=1S/C23H33NO/c1-6-13-25-21-11-8-18(9-12-21)14-19(16-24)22-15-20(23(3,4)5)10-7-17(22)2/h7-12,15,19H,6,13-14,16,24H2,1-5H3. The summed E-state index contributed by atoms with van der Waals surface area (Å²) >= 11 is 0. The second-order valence-electron chi connectivity index (χ2n) is 7.95. The largest absolute Gasteiger partial charge is 0.494 e. The number of hydrogen-bond donors (Lipinski definition) is 1. The van der Waals surface area contributed by atoms with Gasteiger partial charge in [0.25, 0.3) is 0 Å². The summed E-state index contributed by atoms with van der Waals surface area (Å²) in [6.07, 6.45) is 1.99. The molecule has 2 N–H and O–H groups in total. The van der Waals surface area contributed by atoms with Crippen molar-refractivity contribution in [2.75, 3.05) is 13.2 Å². The van der Waals surface area contributed by atoms with E-state index in [4.69, 9.17) is 10.5 Å². The van der Waals surface area contributed by atoms with Crippen LogP contribution in [0.15, 0.2) is 42.5 Å². The van der Waals surface area contributed by atoms with Crippen LogP contribution in [0.5, 0.6) is 5.75 Å². The Morgan fingerprint density at radius 2 is 1.72 bits per heavy atom. The van der Waals surface area contributed by atoms with Crippen molar-refractivity contribution in [3.63, 3.8) is 0 Å². The highest BCUT2D eigenvalue weighted by atomic mass is 16.5. The first-order valence-corrected chi connectivity index (χ1v) is 9.38. The summed E-state index contributed by atoms with van der Waals surface area (Å²) < 4.78 is 5.67. The molecule has 2 heteroatoms. The van der Waals surface area contributed by atoms with Crippen LogP contribution in [0, 0.1) is 6.92 Å². The van der Waals surface area contributed by atoms with Crippen LogP contribution in [0.25, 0.3) is 0 Å². The highest BCUT2D eigenvalue weighted by molar-refractivity contribution is 5.38. The van der Waals surface area contributed by atoms with Crippen molar-refractivity contribution in [3.8, 4) is 5.75 Å². The van der Waals surface area contributed by atoms with Gasteiger partial charge in [-0.25, -0.2) is 0 Å². The fourth-order valence-corrected chi connectivity index (χ4v) is 3.09. The van der Waals surface area contributed by atoms with Gasteiger partial charge in [-0.05, 0) is 66.1 Å². The van der Waals surface area contributed by atoms with Crippen molar-refractivity contribution in [1.82, 2.24) is 0 Å². The Balaban J connectivity index is 2.19. The lowest BCUT2D eigenvalue weighted by Gasteiger charge is -2.24. The molecule has 0 aliphatic heterocycles. The number of nitrogens with two attached hydrogens (primary N) is 1. The van der Waals surface area contributed by atoms with E-state index in [0.29, 0.717) is 12.5 Å². The van der Waals surface area contributed by atoms with Crippen LogP contribution >= 0.6 is 0 Å². The van der Waals surface area contributed by atoms with E-state index in [0.717, 1.165) is 25.2 Å². The summed E-state index contributed by atoms with van der Waals surface area (Å²) in [7, 11) is 0. The van der Waals surface area contributed by atoms with Crippen LogP contribution in [0.4, 0.5) is 0 Å². The van der Waals surface area contributed by atoms with Crippen molar-refractivity contribution < 1.29 is 4.74 Å². The van der Waals surface area contributed by atoms with Crippen molar-refractivity contribution in [1.29, 1.82) is 0 Å². The number of hydrogen-bond acceptors (Lipinski definition) is 2. The molecule has 0 aliphatic rings. The van der Waals surface area contributed by atoms with Crippen molar-refractivity contribution in [3.05, 3.63) is 64.7 Å². The number of aryl methyl sites for hydroxylation is 1. The molecule has 2 nitrogen and oxygen atoms in total. The topological polar surface area (TPSA) is 35.2 Å². The molecule has 2 rings (SSSR count). The Hall–Kier alpha value is -1.80. The van der Waals surface area contributed by atoms with Crippen LogP contribution in [-0.2, 0) is 11.8 Å². The van der Waals surface area contributed by atoms with E-state index in [1.165, 1.54) is 22.3 Å². The quantitative estimate of drug-likeness (QED) is 0.736. The lowest BCUT2D eigenvalue weighted by molar-refractivity contribution is 0.317. The van der Waals surface area contributed by atoms with Crippen LogP contribution in [0.3, 0.4) is 0 Å². The predicted octanol–water partition coefficient (Wildman–Crippen LogP) is 5.37. The predicted molar refractivity (Wildman–Crippen MR) is 108 cm³/mol. The minimum atomic E-state index is 0.153. The summed E-state index contributed by atoms with van der Waals surface area (Å²) in [5.41, 5.74) is 11.7. The minimum absolute atomic E-state index is 0.153. The van der Waals surface area contributed by atoms with E-state index in [1.54, 1.807) is 0 Å². The van der Waals surface area contributed by atoms with Gasteiger partial charge in [-0.1, -0.05) is 58.0 Å². The van der Waals surface area contributed by atoms with E-state index in [9.17, 15) is 0 Å². The lowest BCUT2D eigenvalue weighted by atomic mass is 9.81. The molecular formula is C23H33NO. The Labute approximate surface area is 153 Å². The van der Waals surface area contributed by atoms with Crippen LogP contribution in [-0.4, -0.2) is 13.2 Å². The van der Waals surface area contributed by atoms with Gasteiger partial charge in [-0.2, -0.15) is 0 Å². The van der Waals surface area contributed by atoms with Gasteiger partial charge in [0.1, 0.15) is 5.75 Å². The van der Waals surface area contributed by atoms with Crippen LogP contribution in [0.1, 0.15) is 62.3 Å². The third-order valence-electron chi connectivity index (χ3n) is 4.75. The molecule has 1 atom stereocenters. The average Bonchev–Trinajstić information content (AvgIpc) is 2.58. The number of ether oxygens (including phenoxy) is 1. The summed E-state index contributed by atoms with van der Waals surface area (Å²) in [5.74, 6) is 1.28. The first-order valence-electron chi connectivity index (χ1n) is 9.38. The van der Waals surface area contributed by atoms with Crippen molar-refractivity contribution in [2.45, 2.75) is 58.8 Å². The molecule has 0 bridgehead atoms. The molecule has 0 saturated heterocycles. The molecular weight excluding hydrogens is 306 g/mol.